The summed E-state index contributed by atoms with van der Waals surface area (Å²) < 4.78 is 26.3. The monoisotopic (exact) mass is 286 g/mol. The Morgan fingerprint density at radius 1 is 1.35 bits per heavy atom. The molecule has 4 nitrogen and oxygen atoms in total. The van der Waals surface area contributed by atoms with Gasteiger partial charge in [-0.1, -0.05) is 6.92 Å². The molecule has 1 atom stereocenters. The van der Waals surface area contributed by atoms with Crippen LogP contribution in [-0.4, -0.2) is 30.6 Å². The number of aliphatic hydroxyl groups is 1. The summed E-state index contributed by atoms with van der Waals surface area (Å²) in [6.45, 7) is 3.02. The van der Waals surface area contributed by atoms with Gasteiger partial charge in [0.15, 0.2) is 0 Å². The number of nitrogens with one attached hydrogen (secondary N) is 2. The molecule has 0 aliphatic carbocycles. The van der Waals surface area contributed by atoms with Gasteiger partial charge in [0.1, 0.15) is 11.6 Å². The summed E-state index contributed by atoms with van der Waals surface area (Å²) in [7, 11) is 0. The molecule has 20 heavy (non-hydrogen) atoms. The Kier molecular flexibility index (Phi) is 7.11. The molecule has 0 aliphatic heterocycles. The summed E-state index contributed by atoms with van der Waals surface area (Å²) in [5, 5.41) is 15.3. The van der Waals surface area contributed by atoms with Crippen molar-refractivity contribution in [2.45, 2.75) is 25.9 Å². The third-order valence-corrected chi connectivity index (χ3v) is 2.76. The van der Waals surface area contributed by atoms with Crippen LogP contribution in [0.4, 0.5) is 8.78 Å². The molecule has 1 aromatic carbocycles. The molecule has 1 rings (SSSR count). The Balaban J connectivity index is 2.31. The van der Waals surface area contributed by atoms with E-state index < -0.39 is 17.7 Å². The van der Waals surface area contributed by atoms with Gasteiger partial charge in [-0.25, -0.2) is 8.78 Å². The van der Waals surface area contributed by atoms with Crippen LogP contribution in [0.25, 0.3) is 0 Å². The molecule has 0 saturated carbocycles. The molecule has 0 bridgehead atoms. The summed E-state index contributed by atoms with van der Waals surface area (Å²) >= 11 is 0. The molecular formula is C14H20F2N2O2. The molecule has 1 unspecified atom stereocenters. The number of carbonyl (C=O) groups excluding carboxylic acids is 1. The fourth-order valence-corrected chi connectivity index (χ4v) is 1.67. The first-order valence-electron chi connectivity index (χ1n) is 6.65. The maximum Gasteiger partial charge on any atom is 0.221 e. The second-order valence-electron chi connectivity index (χ2n) is 4.49. The van der Waals surface area contributed by atoms with E-state index in [1.807, 2.05) is 6.92 Å². The van der Waals surface area contributed by atoms with Crippen molar-refractivity contribution < 1.29 is 18.7 Å². The number of benzene rings is 1. The zero-order chi connectivity index (χ0) is 15.0. The van der Waals surface area contributed by atoms with E-state index in [0.717, 1.165) is 24.6 Å². The molecule has 0 fully saturated rings. The van der Waals surface area contributed by atoms with Crippen molar-refractivity contribution in [1.29, 1.82) is 0 Å². The van der Waals surface area contributed by atoms with Crippen LogP contribution in [0.2, 0.25) is 0 Å². The quantitative estimate of drug-likeness (QED) is 0.635. The highest BCUT2D eigenvalue weighted by atomic mass is 19.1. The molecular weight excluding hydrogens is 266 g/mol. The minimum absolute atomic E-state index is 0.0570. The van der Waals surface area contributed by atoms with Crippen molar-refractivity contribution in [3.63, 3.8) is 0 Å². The Labute approximate surface area is 117 Å². The van der Waals surface area contributed by atoms with Crippen LogP contribution in [-0.2, 0) is 4.79 Å². The predicted octanol–water partition coefficient (Wildman–Crippen LogP) is 1.50. The van der Waals surface area contributed by atoms with Crippen molar-refractivity contribution >= 4 is 5.91 Å². The highest BCUT2D eigenvalue weighted by molar-refractivity contribution is 5.75. The molecule has 0 aromatic heterocycles. The Bertz CT molecular complexity index is 441. The molecule has 3 N–H and O–H groups in total. The molecule has 0 spiro atoms. The lowest BCUT2D eigenvalue weighted by molar-refractivity contribution is -0.121. The third kappa shape index (κ3) is 5.63. The summed E-state index contributed by atoms with van der Waals surface area (Å²) in [5.41, 5.74) is -0.0899. The molecule has 112 valence electrons. The lowest BCUT2D eigenvalue weighted by atomic mass is 10.1. The number of hydrogen-bond acceptors (Lipinski definition) is 3. The van der Waals surface area contributed by atoms with Gasteiger partial charge in [0, 0.05) is 31.6 Å². The van der Waals surface area contributed by atoms with Crippen LogP contribution in [0.3, 0.4) is 0 Å². The standard InChI is InChI=1S/C14H20F2N2O2/c1-2-6-18-14(20)5-7-17-9-13(19)11-8-10(15)3-4-12(11)16/h3-4,8,13,17,19H,2,5-7,9H2,1H3,(H,18,20). The zero-order valence-corrected chi connectivity index (χ0v) is 11.5. The van der Waals surface area contributed by atoms with E-state index >= 15 is 0 Å². The van der Waals surface area contributed by atoms with Crippen molar-refractivity contribution in [3.05, 3.63) is 35.4 Å². The topological polar surface area (TPSA) is 61.4 Å². The fourth-order valence-electron chi connectivity index (χ4n) is 1.67. The SMILES string of the molecule is CCCNC(=O)CCNCC(O)c1cc(F)ccc1F. The molecule has 1 aromatic rings. The fraction of sp³-hybridized carbons (Fsp3) is 0.500. The second kappa shape index (κ2) is 8.60. The van der Waals surface area contributed by atoms with Crippen molar-refractivity contribution in [3.8, 4) is 0 Å². The number of rotatable bonds is 8. The smallest absolute Gasteiger partial charge is 0.221 e. The Morgan fingerprint density at radius 2 is 2.10 bits per heavy atom. The molecule has 0 aliphatic rings. The lowest BCUT2D eigenvalue weighted by Gasteiger charge is -2.13. The molecule has 1 amide bonds. The van der Waals surface area contributed by atoms with E-state index in [2.05, 4.69) is 10.6 Å². The first kappa shape index (κ1) is 16.5. The minimum atomic E-state index is -1.15. The number of carbonyl (C=O) groups is 1. The summed E-state index contributed by atoms with van der Waals surface area (Å²) in [6.07, 6.45) is -0.000800. The number of halogens is 2. The van der Waals surface area contributed by atoms with Gasteiger partial charge in [-0.3, -0.25) is 4.79 Å². The highest BCUT2D eigenvalue weighted by Gasteiger charge is 2.13. The molecule has 0 heterocycles. The number of amides is 1. The lowest BCUT2D eigenvalue weighted by Crippen LogP contribution is -2.30. The molecule has 6 heteroatoms. The van der Waals surface area contributed by atoms with Gasteiger partial charge < -0.3 is 15.7 Å². The number of hydrogen-bond donors (Lipinski definition) is 3. The first-order valence-corrected chi connectivity index (χ1v) is 6.65. The van der Waals surface area contributed by atoms with Crippen LogP contribution in [0.1, 0.15) is 31.4 Å². The Hall–Kier alpha value is -1.53. The summed E-state index contributed by atoms with van der Waals surface area (Å²) in [6, 6.07) is 2.94. The average Bonchev–Trinajstić information content (AvgIpc) is 2.43. The van der Waals surface area contributed by atoms with E-state index in [9.17, 15) is 18.7 Å². The van der Waals surface area contributed by atoms with Crippen LogP contribution < -0.4 is 10.6 Å². The average molecular weight is 286 g/mol. The highest BCUT2D eigenvalue weighted by Crippen LogP contribution is 2.17. The van der Waals surface area contributed by atoms with Gasteiger partial charge >= 0.3 is 0 Å². The van der Waals surface area contributed by atoms with Crippen molar-refractivity contribution in [2.24, 2.45) is 0 Å². The van der Waals surface area contributed by atoms with E-state index in [1.54, 1.807) is 0 Å². The third-order valence-electron chi connectivity index (χ3n) is 2.76. The van der Waals surface area contributed by atoms with E-state index in [0.29, 0.717) is 13.1 Å². The van der Waals surface area contributed by atoms with Crippen LogP contribution >= 0.6 is 0 Å². The van der Waals surface area contributed by atoms with E-state index in [-0.39, 0.29) is 24.4 Å². The summed E-state index contributed by atoms with van der Waals surface area (Å²) in [4.78, 5) is 11.3. The number of aliphatic hydroxyl groups excluding tert-OH is 1. The van der Waals surface area contributed by atoms with E-state index in [1.165, 1.54) is 0 Å². The van der Waals surface area contributed by atoms with Gasteiger partial charge in [0.2, 0.25) is 5.91 Å². The van der Waals surface area contributed by atoms with Crippen molar-refractivity contribution in [1.82, 2.24) is 10.6 Å². The second-order valence-corrected chi connectivity index (χ2v) is 4.49. The normalized spacial score (nSPS) is 12.2. The summed E-state index contributed by atoms with van der Waals surface area (Å²) in [5.74, 6) is -1.33. The minimum Gasteiger partial charge on any atom is -0.387 e. The van der Waals surface area contributed by atoms with Gasteiger partial charge in [-0.2, -0.15) is 0 Å². The molecule has 0 saturated heterocycles. The van der Waals surface area contributed by atoms with Crippen LogP contribution in [0, 0.1) is 11.6 Å². The predicted molar refractivity (Wildman–Crippen MR) is 72.1 cm³/mol. The van der Waals surface area contributed by atoms with Gasteiger partial charge in [-0.15, -0.1) is 0 Å². The maximum atomic E-state index is 13.4. The zero-order valence-electron chi connectivity index (χ0n) is 11.5. The van der Waals surface area contributed by atoms with E-state index in [4.69, 9.17) is 0 Å². The van der Waals surface area contributed by atoms with Crippen LogP contribution in [0.5, 0.6) is 0 Å². The van der Waals surface area contributed by atoms with Gasteiger partial charge in [-0.05, 0) is 24.6 Å². The largest absolute Gasteiger partial charge is 0.387 e. The van der Waals surface area contributed by atoms with Crippen molar-refractivity contribution in [2.75, 3.05) is 19.6 Å². The first-order chi connectivity index (χ1) is 9.54. The van der Waals surface area contributed by atoms with Gasteiger partial charge in [0.05, 0.1) is 6.10 Å². The van der Waals surface area contributed by atoms with Crippen LogP contribution in [0.15, 0.2) is 18.2 Å². The Morgan fingerprint density at radius 3 is 2.80 bits per heavy atom. The molecule has 0 radical (unpaired) electrons. The maximum absolute atomic E-state index is 13.4. The van der Waals surface area contributed by atoms with Gasteiger partial charge in [0.25, 0.3) is 0 Å².